The molecule has 1 aromatic heterocycles. The Morgan fingerprint density at radius 3 is 2.61 bits per heavy atom. The lowest BCUT2D eigenvalue weighted by Gasteiger charge is -2.25. The maximum atomic E-state index is 12.9. The van der Waals surface area contributed by atoms with Crippen LogP contribution in [0, 0.1) is 6.92 Å². The number of rotatable bonds is 8. The van der Waals surface area contributed by atoms with Gasteiger partial charge in [-0.15, -0.1) is 0 Å². The Kier molecular flexibility index (Phi) is 6.84. The van der Waals surface area contributed by atoms with E-state index in [0.717, 1.165) is 10.7 Å². The highest BCUT2D eigenvalue weighted by molar-refractivity contribution is 7.98. The van der Waals surface area contributed by atoms with Crippen molar-refractivity contribution in [3.05, 3.63) is 77.1 Å². The van der Waals surface area contributed by atoms with E-state index in [1.165, 1.54) is 29.2 Å². The number of amides is 1. The molecule has 1 atom stereocenters. The molecule has 0 spiro atoms. The number of likely N-dealkylation sites (N-methyl/N-ethyl adjacent to an activating group) is 1. The van der Waals surface area contributed by atoms with Gasteiger partial charge in [0.2, 0.25) is 0 Å². The molecule has 0 fully saturated rings. The second-order valence-electron chi connectivity index (χ2n) is 6.84. The molecule has 0 bridgehead atoms. The molecule has 1 unspecified atom stereocenters. The lowest BCUT2D eigenvalue weighted by atomic mass is 10.0. The predicted molar refractivity (Wildman–Crippen MR) is 112 cm³/mol. The van der Waals surface area contributed by atoms with Gasteiger partial charge in [-0.3, -0.25) is 9.89 Å². The van der Waals surface area contributed by atoms with Crippen LogP contribution in [-0.2, 0) is 5.75 Å². The van der Waals surface area contributed by atoms with Crippen LogP contribution in [-0.4, -0.2) is 46.6 Å². The molecule has 146 valence electrons. The molecule has 7 heteroatoms. The standard InChI is InChI=1S/C21H25N5OS/c1-15-8-10-16(11-9-15)19(26(2)3)12-22-20(27)18-7-5-4-6-17(18)13-28-21-23-14-24-25-21/h4-11,14,19H,12-13H2,1-3H3,(H,22,27)(H,23,24,25). The highest BCUT2D eigenvalue weighted by Crippen LogP contribution is 2.22. The minimum absolute atomic E-state index is 0.0623. The Labute approximate surface area is 169 Å². The van der Waals surface area contributed by atoms with E-state index < -0.39 is 0 Å². The number of aryl methyl sites for hydroxylation is 1. The maximum Gasteiger partial charge on any atom is 0.251 e. The number of hydrogen-bond acceptors (Lipinski definition) is 5. The van der Waals surface area contributed by atoms with Crippen LogP contribution in [0.3, 0.4) is 0 Å². The summed E-state index contributed by atoms with van der Waals surface area (Å²) in [5, 5.41) is 10.5. The van der Waals surface area contributed by atoms with Crippen LogP contribution in [0.1, 0.15) is 33.1 Å². The first-order chi connectivity index (χ1) is 13.5. The number of carbonyl (C=O) groups excluding carboxylic acids is 1. The quantitative estimate of drug-likeness (QED) is 0.572. The second-order valence-corrected chi connectivity index (χ2v) is 7.80. The van der Waals surface area contributed by atoms with Crippen molar-refractivity contribution in [2.45, 2.75) is 23.9 Å². The Balaban J connectivity index is 1.67. The van der Waals surface area contributed by atoms with Gasteiger partial charge in [0.25, 0.3) is 5.91 Å². The first kappa shape index (κ1) is 20.1. The minimum Gasteiger partial charge on any atom is -0.350 e. The highest BCUT2D eigenvalue weighted by Gasteiger charge is 2.17. The van der Waals surface area contributed by atoms with Crippen LogP contribution < -0.4 is 5.32 Å². The molecule has 0 saturated heterocycles. The minimum atomic E-state index is -0.0623. The highest BCUT2D eigenvalue weighted by atomic mass is 32.2. The monoisotopic (exact) mass is 395 g/mol. The SMILES string of the molecule is Cc1ccc(C(CNC(=O)c2ccccc2CSc2ncn[nH]2)N(C)C)cc1. The third-order valence-electron chi connectivity index (χ3n) is 4.56. The number of nitrogens with one attached hydrogen (secondary N) is 2. The predicted octanol–water partition coefficient (Wildman–Crippen LogP) is 3.44. The van der Waals surface area contributed by atoms with Crippen LogP contribution >= 0.6 is 11.8 Å². The van der Waals surface area contributed by atoms with Gasteiger partial charge in [0, 0.05) is 17.9 Å². The number of H-pyrrole nitrogens is 1. The van der Waals surface area contributed by atoms with Gasteiger partial charge in [0.1, 0.15) is 6.33 Å². The molecular weight excluding hydrogens is 370 g/mol. The van der Waals surface area contributed by atoms with Gasteiger partial charge >= 0.3 is 0 Å². The third kappa shape index (κ3) is 5.21. The number of hydrogen-bond donors (Lipinski definition) is 2. The van der Waals surface area contributed by atoms with E-state index in [-0.39, 0.29) is 11.9 Å². The number of aromatic nitrogens is 3. The Bertz CT molecular complexity index is 893. The van der Waals surface area contributed by atoms with Crippen molar-refractivity contribution >= 4 is 17.7 Å². The summed E-state index contributed by atoms with van der Waals surface area (Å²) in [6, 6.07) is 16.2. The van der Waals surface area contributed by atoms with Crippen LogP contribution in [0.25, 0.3) is 0 Å². The Morgan fingerprint density at radius 2 is 1.93 bits per heavy atom. The first-order valence-corrected chi connectivity index (χ1v) is 10.1. The summed E-state index contributed by atoms with van der Waals surface area (Å²) in [5.74, 6) is 0.584. The molecule has 6 nitrogen and oxygen atoms in total. The molecule has 0 radical (unpaired) electrons. The van der Waals surface area contributed by atoms with Crippen LogP contribution in [0.15, 0.2) is 60.0 Å². The van der Waals surface area contributed by atoms with E-state index in [4.69, 9.17) is 0 Å². The molecule has 0 aliphatic rings. The van der Waals surface area contributed by atoms with Gasteiger partial charge in [0.15, 0.2) is 5.16 Å². The molecule has 28 heavy (non-hydrogen) atoms. The van der Waals surface area contributed by atoms with Crippen molar-refractivity contribution in [2.75, 3.05) is 20.6 Å². The largest absolute Gasteiger partial charge is 0.350 e. The summed E-state index contributed by atoms with van der Waals surface area (Å²) in [6.07, 6.45) is 1.48. The number of carbonyl (C=O) groups is 1. The van der Waals surface area contributed by atoms with Crippen LogP contribution in [0.5, 0.6) is 0 Å². The molecule has 3 rings (SSSR count). The summed E-state index contributed by atoms with van der Waals surface area (Å²) >= 11 is 1.52. The molecule has 1 amide bonds. The Morgan fingerprint density at radius 1 is 1.18 bits per heavy atom. The number of aromatic amines is 1. The average Bonchev–Trinajstić information content (AvgIpc) is 3.21. The van der Waals surface area contributed by atoms with E-state index in [1.54, 1.807) is 0 Å². The zero-order valence-electron chi connectivity index (χ0n) is 16.3. The summed E-state index contributed by atoms with van der Waals surface area (Å²) < 4.78 is 0. The molecule has 2 aromatic carbocycles. The van der Waals surface area contributed by atoms with E-state index in [2.05, 4.69) is 56.6 Å². The summed E-state index contributed by atoms with van der Waals surface area (Å²) in [5.41, 5.74) is 4.07. The molecule has 2 N–H and O–H groups in total. The van der Waals surface area contributed by atoms with Gasteiger partial charge in [-0.25, -0.2) is 4.98 Å². The Hall–Kier alpha value is -2.64. The fourth-order valence-corrected chi connectivity index (χ4v) is 3.73. The van der Waals surface area contributed by atoms with Crippen molar-refractivity contribution in [3.63, 3.8) is 0 Å². The van der Waals surface area contributed by atoms with E-state index in [9.17, 15) is 4.79 Å². The van der Waals surface area contributed by atoms with Gasteiger partial charge in [-0.2, -0.15) is 5.10 Å². The van der Waals surface area contributed by atoms with Crippen molar-refractivity contribution in [1.82, 2.24) is 25.4 Å². The smallest absolute Gasteiger partial charge is 0.251 e. The zero-order valence-corrected chi connectivity index (χ0v) is 17.2. The number of thioether (sulfide) groups is 1. The summed E-state index contributed by atoms with van der Waals surface area (Å²) in [6.45, 7) is 2.61. The summed E-state index contributed by atoms with van der Waals surface area (Å²) in [4.78, 5) is 19.1. The lowest BCUT2D eigenvalue weighted by Crippen LogP contribution is -2.34. The van der Waals surface area contributed by atoms with Crippen molar-refractivity contribution in [1.29, 1.82) is 0 Å². The number of nitrogens with zero attached hydrogens (tertiary/aromatic N) is 3. The summed E-state index contributed by atoms with van der Waals surface area (Å²) in [7, 11) is 4.05. The molecule has 0 saturated carbocycles. The van der Waals surface area contributed by atoms with E-state index in [0.29, 0.717) is 17.9 Å². The second kappa shape index (κ2) is 9.52. The molecule has 0 aliphatic carbocycles. The molecule has 3 aromatic rings. The zero-order chi connectivity index (χ0) is 19.9. The normalized spacial score (nSPS) is 12.1. The third-order valence-corrected chi connectivity index (χ3v) is 5.49. The van der Waals surface area contributed by atoms with Crippen molar-refractivity contribution in [2.24, 2.45) is 0 Å². The van der Waals surface area contributed by atoms with Gasteiger partial charge in [0.05, 0.1) is 6.04 Å². The molecular formula is C21H25N5OS. The average molecular weight is 396 g/mol. The van der Waals surface area contributed by atoms with Gasteiger partial charge in [-0.1, -0.05) is 59.8 Å². The van der Waals surface area contributed by atoms with Crippen LogP contribution in [0.4, 0.5) is 0 Å². The topological polar surface area (TPSA) is 73.9 Å². The number of benzene rings is 2. The van der Waals surface area contributed by atoms with Crippen molar-refractivity contribution in [3.8, 4) is 0 Å². The lowest BCUT2D eigenvalue weighted by molar-refractivity contribution is 0.0941. The van der Waals surface area contributed by atoms with E-state index in [1.807, 2.05) is 38.4 Å². The van der Waals surface area contributed by atoms with Crippen LogP contribution in [0.2, 0.25) is 0 Å². The first-order valence-electron chi connectivity index (χ1n) is 9.12. The van der Waals surface area contributed by atoms with Gasteiger partial charge < -0.3 is 10.2 Å². The molecule has 1 heterocycles. The fourth-order valence-electron chi connectivity index (χ4n) is 2.95. The fraction of sp³-hybridized carbons (Fsp3) is 0.286. The van der Waals surface area contributed by atoms with E-state index >= 15 is 0 Å². The van der Waals surface area contributed by atoms with Crippen molar-refractivity contribution < 1.29 is 4.79 Å². The molecule has 0 aliphatic heterocycles. The maximum absolute atomic E-state index is 12.9. The van der Waals surface area contributed by atoms with Gasteiger partial charge in [-0.05, 0) is 38.2 Å².